The number of carbonyl (C=O) groups excluding carboxylic acids is 2. The number of anilines is 1. The van der Waals surface area contributed by atoms with Crippen LogP contribution in [0.5, 0.6) is 0 Å². The number of hydrogen-bond acceptors (Lipinski definition) is 6. The molecule has 0 aromatic carbocycles. The smallest absolute Gasteiger partial charge is 0.229 e. The van der Waals surface area contributed by atoms with Crippen LogP contribution in [0.1, 0.15) is 36.0 Å². The number of aromatic nitrogens is 2. The van der Waals surface area contributed by atoms with E-state index in [4.69, 9.17) is 9.97 Å². The molecule has 0 N–H and O–H groups in total. The molecule has 2 aromatic heterocycles. The lowest BCUT2D eigenvalue weighted by Crippen LogP contribution is -2.33. The summed E-state index contributed by atoms with van der Waals surface area (Å²) in [4.78, 5) is 41.3. The first-order valence-corrected chi connectivity index (χ1v) is 10.2. The molecule has 1 fully saturated rings. The van der Waals surface area contributed by atoms with Gasteiger partial charge >= 0.3 is 0 Å². The van der Waals surface area contributed by atoms with E-state index in [1.54, 1.807) is 37.3 Å². The summed E-state index contributed by atoms with van der Waals surface area (Å²) >= 11 is 1.64. The minimum absolute atomic E-state index is 0.00144. The maximum absolute atomic E-state index is 12.2. The lowest BCUT2D eigenvalue weighted by molar-refractivity contribution is -0.130. The van der Waals surface area contributed by atoms with E-state index in [1.165, 1.54) is 23.3 Å². The largest absolute Gasteiger partial charge is 0.356 e. The lowest BCUT2D eigenvalue weighted by atomic mass is 10.0. The van der Waals surface area contributed by atoms with Crippen molar-refractivity contribution < 1.29 is 9.59 Å². The van der Waals surface area contributed by atoms with Gasteiger partial charge < -0.3 is 14.7 Å². The second-order valence-electron chi connectivity index (χ2n) is 7.64. The van der Waals surface area contributed by atoms with E-state index in [9.17, 15) is 9.59 Å². The fraction of sp³-hybridized carbons (Fsp3) is 0.579. The minimum Gasteiger partial charge on any atom is -0.356 e. The molecule has 8 heteroatoms. The molecule has 0 saturated heterocycles. The van der Waals surface area contributed by atoms with Crippen LogP contribution in [0.25, 0.3) is 10.2 Å². The Kier molecular flexibility index (Phi) is 4.53. The van der Waals surface area contributed by atoms with E-state index in [-0.39, 0.29) is 18.2 Å². The molecule has 1 aliphatic heterocycles. The van der Waals surface area contributed by atoms with Crippen molar-refractivity contribution in [1.82, 2.24) is 19.8 Å². The minimum atomic E-state index is -0.00144. The summed E-state index contributed by atoms with van der Waals surface area (Å²) in [5.41, 5.74) is 1.28. The van der Waals surface area contributed by atoms with Gasteiger partial charge in [-0.3, -0.25) is 9.59 Å². The summed E-state index contributed by atoms with van der Waals surface area (Å²) in [5, 5.41) is 1.12. The lowest BCUT2D eigenvalue weighted by Gasteiger charge is -2.26. The third-order valence-electron chi connectivity index (χ3n) is 5.41. The summed E-state index contributed by atoms with van der Waals surface area (Å²) in [6.45, 7) is 3.00. The number of thiophene rings is 1. The molecule has 7 nitrogen and oxygen atoms in total. The molecule has 0 unspecified atom stereocenters. The maximum Gasteiger partial charge on any atom is 0.229 e. The third kappa shape index (κ3) is 3.38. The molecule has 144 valence electrons. The van der Waals surface area contributed by atoms with Crippen molar-refractivity contribution in [3.63, 3.8) is 0 Å². The quantitative estimate of drug-likeness (QED) is 0.800. The van der Waals surface area contributed by atoms with Gasteiger partial charge in [-0.2, -0.15) is 0 Å². The number of likely N-dealkylation sites (N-methyl/N-ethyl adjacent to an activating group) is 1. The number of nitrogens with zero attached hydrogens (tertiary/aromatic N) is 5. The normalized spacial score (nSPS) is 16.4. The fourth-order valence-electron chi connectivity index (χ4n) is 3.55. The number of hydrogen-bond donors (Lipinski definition) is 0. The molecular weight excluding hydrogens is 362 g/mol. The molecular formula is C19H25N5O2S. The first kappa shape index (κ1) is 18.2. The SMILES string of the molecule is CC(=O)N1CCc2c(sc3nc(CC(=O)N(C)C)nc(N(C)C4CC4)c23)C1. The van der Waals surface area contributed by atoms with Crippen molar-refractivity contribution in [2.24, 2.45) is 0 Å². The molecule has 4 rings (SSSR count). The highest BCUT2D eigenvalue weighted by atomic mass is 32.1. The number of fused-ring (bicyclic) bond motifs is 3. The van der Waals surface area contributed by atoms with Crippen molar-refractivity contribution in [3.05, 3.63) is 16.3 Å². The number of carbonyl (C=O) groups is 2. The van der Waals surface area contributed by atoms with Crippen molar-refractivity contribution in [2.75, 3.05) is 32.6 Å². The highest BCUT2D eigenvalue weighted by Gasteiger charge is 2.32. The average molecular weight is 388 g/mol. The van der Waals surface area contributed by atoms with Crippen LogP contribution in [-0.2, 0) is 29.0 Å². The van der Waals surface area contributed by atoms with Crippen LogP contribution in [0, 0.1) is 0 Å². The van der Waals surface area contributed by atoms with Gasteiger partial charge in [0.2, 0.25) is 11.8 Å². The van der Waals surface area contributed by atoms with Crippen molar-refractivity contribution in [3.8, 4) is 0 Å². The van der Waals surface area contributed by atoms with Crippen molar-refractivity contribution in [2.45, 2.75) is 45.2 Å². The molecule has 1 aliphatic carbocycles. The number of rotatable bonds is 4. The van der Waals surface area contributed by atoms with Crippen LogP contribution in [0.4, 0.5) is 5.82 Å². The monoisotopic (exact) mass is 387 g/mol. The van der Waals surface area contributed by atoms with Crippen LogP contribution in [0.3, 0.4) is 0 Å². The van der Waals surface area contributed by atoms with E-state index >= 15 is 0 Å². The van der Waals surface area contributed by atoms with Crippen LogP contribution >= 0.6 is 11.3 Å². The zero-order chi connectivity index (χ0) is 19.3. The van der Waals surface area contributed by atoms with Gasteiger partial charge in [-0.05, 0) is 24.8 Å². The van der Waals surface area contributed by atoms with Crippen LogP contribution < -0.4 is 4.90 Å². The maximum atomic E-state index is 12.2. The Bertz CT molecular complexity index is 918. The van der Waals surface area contributed by atoms with E-state index in [0.29, 0.717) is 18.4 Å². The fourth-order valence-corrected chi connectivity index (χ4v) is 4.80. The Morgan fingerprint density at radius 3 is 2.59 bits per heavy atom. The Labute approximate surface area is 163 Å². The van der Waals surface area contributed by atoms with Gasteiger partial charge in [0.05, 0.1) is 18.4 Å². The summed E-state index contributed by atoms with van der Waals surface area (Å²) < 4.78 is 0. The summed E-state index contributed by atoms with van der Waals surface area (Å²) in [6.07, 6.45) is 3.40. The summed E-state index contributed by atoms with van der Waals surface area (Å²) in [7, 11) is 5.59. The van der Waals surface area contributed by atoms with Crippen LogP contribution in [0.15, 0.2) is 0 Å². The average Bonchev–Trinajstić information content (AvgIpc) is 3.40. The van der Waals surface area contributed by atoms with Gasteiger partial charge in [0, 0.05) is 45.5 Å². The summed E-state index contributed by atoms with van der Waals surface area (Å²) in [6, 6.07) is 0.522. The third-order valence-corrected chi connectivity index (χ3v) is 6.52. The van der Waals surface area contributed by atoms with Crippen LogP contribution in [-0.4, -0.2) is 65.3 Å². The molecule has 0 bridgehead atoms. The van der Waals surface area contributed by atoms with Gasteiger partial charge in [-0.15, -0.1) is 11.3 Å². The first-order valence-electron chi connectivity index (χ1n) is 9.34. The predicted molar refractivity (Wildman–Crippen MR) is 106 cm³/mol. The van der Waals surface area contributed by atoms with Gasteiger partial charge in [0.1, 0.15) is 16.5 Å². The van der Waals surface area contributed by atoms with E-state index in [0.717, 1.165) is 29.0 Å². The molecule has 1 saturated carbocycles. The predicted octanol–water partition coefficient (Wildman–Crippen LogP) is 1.83. The Morgan fingerprint density at radius 1 is 1.22 bits per heavy atom. The van der Waals surface area contributed by atoms with E-state index in [1.807, 2.05) is 4.90 Å². The zero-order valence-corrected chi connectivity index (χ0v) is 17.1. The zero-order valence-electron chi connectivity index (χ0n) is 16.3. The van der Waals surface area contributed by atoms with E-state index in [2.05, 4.69) is 11.9 Å². The highest BCUT2D eigenvalue weighted by molar-refractivity contribution is 7.19. The second kappa shape index (κ2) is 6.74. The Hall–Kier alpha value is -2.22. The standard InChI is InChI=1S/C19H25N5O2S/c1-11(25)24-8-7-13-14(10-24)27-19-17(13)18(23(4)12-5-6-12)20-15(21-19)9-16(26)22(2)3/h12H,5-10H2,1-4H3. The van der Waals surface area contributed by atoms with Gasteiger partial charge in [-0.25, -0.2) is 9.97 Å². The molecule has 2 aromatic rings. The summed E-state index contributed by atoms with van der Waals surface area (Å²) in [5.74, 6) is 1.62. The molecule has 0 atom stereocenters. The molecule has 3 heterocycles. The van der Waals surface area contributed by atoms with Gasteiger partial charge in [0.25, 0.3) is 0 Å². The molecule has 0 spiro atoms. The number of amides is 2. The van der Waals surface area contributed by atoms with Crippen molar-refractivity contribution in [1.29, 1.82) is 0 Å². The van der Waals surface area contributed by atoms with Gasteiger partial charge in [-0.1, -0.05) is 0 Å². The molecule has 0 radical (unpaired) electrons. The van der Waals surface area contributed by atoms with E-state index < -0.39 is 0 Å². The molecule has 27 heavy (non-hydrogen) atoms. The molecule has 2 amide bonds. The Balaban J connectivity index is 1.80. The topological polar surface area (TPSA) is 69.6 Å². The Morgan fingerprint density at radius 2 is 1.96 bits per heavy atom. The highest BCUT2D eigenvalue weighted by Crippen LogP contribution is 2.41. The second-order valence-corrected chi connectivity index (χ2v) is 8.73. The van der Waals surface area contributed by atoms with Crippen LogP contribution in [0.2, 0.25) is 0 Å². The molecule has 2 aliphatic rings. The van der Waals surface area contributed by atoms with Crippen molar-refractivity contribution >= 4 is 39.2 Å². The first-order chi connectivity index (χ1) is 12.8. The van der Waals surface area contributed by atoms with Gasteiger partial charge in [0.15, 0.2) is 0 Å².